The molecule has 50 heteroatoms. The van der Waals surface area contributed by atoms with Crippen molar-refractivity contribution < 1.29 is 62.8 Å². The number of fused-ring (bicyclic) bond motifs is 6. The number of ether oxygens (including phenoxy) is 5. The molecule has 0 unspecified atom stereocenters. The molecule has 0 bridgehead atoms. The van der Waals surface area contributed by atoms with E-state index in [1.54, 1.807) is 35.9 Å². The maximum Gasteiger partial charge on any atom is 1.00 e. The van der Waals surface area contributed by atoms with Crippen molar-refractivity contribution in [2.45, 2.75) is 183 Å². The summed E-state index contributed by atoms with van der Waals surface area (Å²) in [6.07, 6.45) is 21.6. The number of imidazole rings is 3. The molecular formula is C84H109BrN38NaO7S3-. The van der Waals surface area contributed by atoms with Gasteiger partial charge in [-0.3, -0.25) is 18.8 Å². The van der Waals surface area contributed by atoms with Crippen LogP contribution in [0.4, 0.5) is 44.9 Å². The Morgan fingerprint density at radius 2 is 0.858 bits per heavy atom. The molecule has 6 aliphatic rings. The fourth-order valence-electron chi connectivity index (χ4n) is 16.7. The van der Waals surface area contributed by atoms with Gasteiger partial charge >= 0.3 is 41.7 Å². The van der Waals surface area contributed by atoms with Crippen LogP contribution in [-0.2, 0) is 37.2 Å². The summed E-state index contributed by atoms with van der Waals surface area (Å²) >= 11 is 6.64. The number of para-hydroxylation sites is 3. The van der Waals surface area contributed by atoms with Gasteiger partial charge in [0.2, 0.25) is 17.8 Å². The predicted octanol–water partition coefficient (Wildman–Crippen LogP) is 13.7. The molecule has 6 saturated heterocycles. The second kappa shape index (κ2) is 46.8. The number of rotatable bonds is 16. The zero-order valence-corrected chi connectivity index (χ0v) is 80.3. The molecule has 18 rings (SSSR count). The number of anilines is 6. The third-order valence-electron chi connectivity index (χ3n) is 22.9. The molecule has 3 aromatic carbocycles. The van der Waals surface area contributed by atoms with Crippen LogP contribution in [0.25, 0.3) is 49.7 Å². The summed E-state index contributed by atoms with van der Waals surface area (Å²) in [4.78, 5) is 76.8. The molecule has 134 heavy (non-hydrogen) atoms. The molecule has 704 valence electrons. The number of nitrogen functional groups attached to an aromatic ring is 3. The molecule has 9 aromatic heterocycles. The van der Waals surface area contributed by atoms with Crippen LogP contribution in [-0.4, -0.2) is 177 Å². The molecule has 0 radical (unpaired) electrons. The number of thiol groups is 1. The summed E-state index contributed by atoms with van der Waals surface area (Å²) < 4.78 is 36.0. The minimum atomic E-state index is -0.549. The Labute approximate surface area is 818 Å². The van der Waals surface area contributed by atoms with E-state index in [4.69, 9.17) is 62.1 Å². The van der Waals surface area contributed by atoms with Gasteiger partial charge in [0.25, 0.3) is 0 Å². The Morgan fingerprint density at radius 1 is 0.500 bits per heavy atom. The van der Waals surface area contributed by atoms with Gasteiger partial charge in [0, 0.05) is 142 Å². The maximum atomic E-state index is 12.6. The number of pyridine rings is 3. The first kappa shape index (κ1) is 104. The molecule has 6 aliphatic heterocycles. The number of nitrogens with zero attached hydrogens (tertiary/aromatic N) is 30. The number of nitrogens with one attached hydrogen (secondary N) is 3. The Hall–Kier alpha value is -11.9. The van der Waals surface area contributed by atoms with Crippen molar-refractivity contribution in [2.75, 3.05) is 91.0 Å². The Bertz CT molecular complexity index is 6210. The number of benzene rings is 3. The molecule has 12 aromatic rings. The average molecular weight is 1960 g/mol. The average Bonchev–Trinajstić information content (AvgIpc) is 1.60. The van der Waals surface area contributed by atoms with Crippen LogP contribution in [0.1, 0.15) is 116 Å². The van der Waals surface area contributed by atoms with Gasteiger partial charge in [0.1, 0.15) is 28.7 Å². The van der Waals surface area contributed by atoms with Crippen LogP contribution >= 0.6 is 39.5 Å². The topological polar surface area (TPSA) is 583 Å². The molecule has 45 nitrogen and oxygen atoms in total. The van der Waals surface area contributed by atoms with Crippen LogP contribution in [0, 0.1) is 27.8 Å². The SMILES string of the molecule is C.C.C[C@@H]1OCC2(CCN(c3nc[c-]c4nccn34)CC2)[C@@H]1NC(=O)OC(C)(C)C.C[C@@H]1OCC2(CCN(c3ncc(Sc4cc(N)nc5ccccc45)c4nccn34)CC2)[C@@H]1N.C[C@@H]1OCC2(CCN(c3ncc(Sc4cc(N)nc5ccccc45)c4nccn34)CC2)[C@@H]1NC(=O)OC(C)(C)C.N=N/N=N/N=N/N=N/N=N/N=N/N=N/N=N/N.Nc1cc(Br)c2ccccc2n1.[Na+].[SH-]. The van der Waals surface area contributed by atoms with Crippen LogP contribution in [0.3, 0.4) is 0 Å². The normalized spacial score (nSPS) is 19.6. The summed E-state index contributed by atoms with van der Waals surface area (Å²) in [6.45, 7) is 24.5. The summed E-state index contributed by atoms with van der Waals surface area (Å²) in [6, 6.07) is 32.5. The quantitative estimate of drug-likeness (QED) is 0.00847. The molecule has 6 fully saturated rings. The standard InChI is InChI=1S/C29H35N7O3S.C24H27N7OS.C20H28N5O3.C9H7BrN2.2CH4.H3N17.Na.H2S/c1-18-24(34-27(37)39-28(2,3)4)29(17-38-18)9-12-35(13-10-29)26-32-16-22(25-31-11-14-36(25)26)40-21-15-23(30)33-20-8-6-5-7-19(20)21;1-15-21(26)24(14-32-15)6-9-30(10-7-24)23-28-13-19(22-27-8-11-31(22)23)33-18-12-20(25)29-17-5-3-2-4-16(17)18;1-14-16(23-18(26)28-19(2,3)4)20(13-27-14)6-10-24(11-7-20)17-22-8-5-15-21-9-12-25(15)17;10-7-5-9(11)12-8-4-2-1-3-6(7)8;;;1-3-5-7-9-11-13-15-17-16-14-12-10-8-6-4-2;;/h5-8,11,14-16,18,24H,9-10,12-13,17H2,1-4H3,(H2,30,33)(H,34,37);2-5,8,11-13,15,21H,6-7,9-10,14,26H2,1H3,(H2,25,29);8-9,12,14,16H,6-7,10-11,13H2,1-4H3,(H,23,26);1-5H,(H2,11,12);2*1H4;(H3,1,2,5,6,9,10,13,14,17);;1H2/q;;-1;;;;;+1;/p-1/t18-,24+;15-,21+;14-,16+;;;;;;/m000....../s1. The summed E-state index contributed by atoms with van der Waals surface area (Å²) in [5, 5.41) is 52.7. The van der Waals surface area contributed by atoms with Crippen molar-refractivity contribution in [3.05, 3.63) is 157 Å². The van der Waals surface area contributed by atoms with Gasteiger partial charge in [-0.15, -0.1) is 6.20 Å². The second-order valence-corrected chi connectivity index (χ2v) is 36.6. The van der Waals surface area contributed by atoms with Crippen molar-refractivity contribution in [3.63, 3.8) is 0 Å². The van der Waals surface area contributed by atoms with E-state index in [0.29, 0.717) is 30.7 Å². The van der Waals surface area contributed by atoms with E-state index < -0.39 is 17.3 Å². The predicted molar refractivity (Wildman–Crippen MR) is 510 cm³/mol. The molecule has 13 N–H and O–H groups in total. The number of amides is 2. The minimum absolute atomic E-state index is 0. The minimum Gasteiger partial charge on any atom is -0.813 e. The fraction of sp³-hybridized carbons (Fsp3) is 0.440. The number of hydrogen-bond acceptors (Lipinski definition) is 28. The van der Waals surface area contributed by atoms with Gasteiger partial charge in [0.15, 0.2) is 11.3 Å². The smallest absolute Gasteiger partial charge is 0.813 e. The number of carbonyl (C=O) groups is 2. The molecule has 2 amide bonds. The zero-order chi connectivity index (χ0) is 91.7. The Kier molecular flexibility index (Phi) is 36.4. The van der Waals surface area contributed by atoms with Crippen LogP contribution in [0.15, 0.2) is 249 Å². The van der Waals surface area contributed by atoms with Gasteiger partial charge in [0.05, 0.1) is 76.6 Å². The first-order valence-electron chi connectivity index (χ1n) is 41.6. The first-order chi connectivity index (χ1) is 62.6. The van der Waals surface area contributed by atoms with Crippen molar-refractivity contribution in [3.8, 4) is 0 Å². The van der Waals surface area contributed by atoms with Crippen molar-refractivity contribution >= 4 is 150 Å². The van der Waals surface area contributed by atoms with Crippen LogP contribution in [0.5, 0.6) is 0 Å². The molecule has 15 heterocycles. The molecule has 6 atom stereocenters. The number of piperidine rings is 3. The largest absolute Gasteiger partial charge is 1.00 e. The van der Waals surface area contributed by atoms with Crippen molar-refractivity contribution in [1.82, 2.24) is 68.7 Å². The van der Waals surface area contributed by atoms with Crippen molar-refractivity contribution in [1.29, 1.82) is 5.53 Å². The van der Waals surface area contributed by atoms with Gasteiger partial charge in [-0.2, -0.15) is 5.53 Å². The molecule has 3 spiro atoms. The third-order valence-corrected chi connectivity index (χ3v) is 25.7. The monoisotopic (exact) mass is 1960 g/mol. The van der Waals surface area contributed by atoms with E-state index in [0.717, 1.165) is 176 Å². The van der Waals surface area contributed by atoms with E-state index in [1.807, 2.05) is 182 Å². The van der Waals surface area contributed by atoms with E-state index in [2.05, 4.69) is 194 Å². The third kappa shape index (κ3) is 25.4. The fourth-order valence-corrected chi connectivity index (χ4v) is 19.4. The summed E-state index contributed by atoms with van der Waals surface area (Å²) in [5.74, 6) is 8.77. The van der Waals surface area contributed by atoms with Crippen molar-refractivity contribution in [2.24, 2.45) is 106 Å². The van der Waals surface area contributed by atoms with Crippen LogP contribution in [0.2, 0.25) is 0 Å². The van der Waals surface area contributed by atoms with Crippen LogP contribution < -0.4 is 83.7 Å². The van der Waals surface area contributed by atoms with E-state index >= 15 is 0 Å². The number of hydrogen-bond donors (Lipinski definition) is 8. The Morgan fingerprint density at radius 3 is 1.27 bits per heavy atom. The van der Waals surface area contributed by atoms with E-state index in [-0.39, 0.29) is 117 Å². The summed E-state index contributed by atoms with van der Waals surface area (Å²) in [5.41, 5.74) is 34.4. The Balaban J connectivity index is 0.000000181. The van der Waals surface area contributed by atoms with Gasteiger partial charge in [-0.1, -0.05) is 98.2 Å². The zero-order valence-electron chi connectivity index (χ0n) is 74.2. The van der Waals surface area contributed by atoms with Gasteiger partial charge < -0.3 is 102 Å². The number of nitrogens with two attached hydrogens (primary N) is 5. The maximum absolute atomic E-state index is 12.6. The number of halogens is 1. The molecule has 0 saturated carbocycles. The summed E-state index contributed by atoms with van der Waals surface area (Å²) in [7, 11) is 0. The number of alkyl carbamates (subject to hydrolysis) is 2. The second-order valence-electron chi connectivity index (χ2n) is 33.5. The number of aromatic nitrogens is 12. The molecular weight excluding hydrogens is 1850 g/mol. The molecule has 0 aliphatic carbocycles. The number of carbonyl (C=O) groups excluding carboxylic acids is 2. The van der Waals surface area contributed by atoms with Gasteiger partial charge in [-0.25, -0.2) is 44.5 Å². The van der Waals surface area contributed by atoms with Gasteiger partial charge in [-0.05, 0) is 232 Å². The first-order valence-corrected chi connectivity index (χ1v) is 44.1. The van der Waals surface area contributed by atoms with E-state index in [1.165, 1.54) is 0 Å². The van der Waals surface area contributed by atoms with E-state index in [9.17, 15) is 9.59 Å².